The highest BCUT2D eigenvalue weighted by molar-refractivity contribution is 9.10. The molecule has 0 fully saturated rings. The minimum Gasteiger partial charge on any atom is -0.299 e. The standard InChI is InChI=1S/C12H19BrN2/c1-4-15(8-10(2)3)9-11-5-12(13)7-14-6-11/h5-7,10H,4,8-9H2,1-3H3. The number of hydrogen-bond acceptors (Lipinski definition) is 2. The molecule has 15 heavy (non-hydrogen) atoms. The van der Waals surface area contributed by atoms with Gasteiger partial charge in [-0.3, -0.25) is 9.88 Å². The van der Waals surface area contributed by atoms with E-state index in [4.69, 9.17) is 0 Å². The average Bonchev–Trinajstić information content (AvgIpc) is 2.16. The highest BCUT2D eigenvalue weighted by Crippen LogP contribution is 2.12. The summed E-state index contributed by atoms with van der Waals surface area (Å²) in [5, 5.41) is 0. The Labute approximate surface area is 101 Å². The predicted octanol–water partition coefficient (Wildman–Crippen LogP) is 3.32. The summed E-state index contributed by atoms with van der Waals surface area (Å²) in [7, 11) is 0. The summed E-state index contributed by atoms with van der Waals surface area (Å²) in [6.45, 7) is 9.92. The van der Waals surface area contributed by atoms with Gasteiger partial charge in [-0.15, -0.1) is 0 Å². The summed E-state index contributed by atoms with van der Waals surface area (Å²) >= 11 is 3.44. The van der Waals surface area contributed by atoms with Gasteiger partial charge in [0.1, 0.15) is 0 Å². The Morgan fingerprint density at radius 2 is 2.13 bits per heavy atom. The zero-order valence-corrected chi connectivity index (χ0v) is 11.3. The van der Waals surface area contributed by atoms with E-state index in [-0.39, 0.29) is 0 Å². The number of nitrogens with zero attached hydrogens (tertiary/aromatic N) is 2. The fraction of sp³-hybridized carbons (Fsp3) is 0.583. The van der Waals surface area contributed by atoms with Gasteiger partial charge >= 0.3 is 0 Å². The highest BCUT2D eigenvalue weighted by Gasteiger charge is 2.06. The van der Waals surface area contributed by atoms with Gasteiger partial charge in [0, 0.05) is 30.0 Å². The second-order valence-corrected chi connectivity index (χ2v) is 5.15. The number of pyridine rings is 1. The fourth-order valence-corrected chi connectivity index (χ4v) is 2.03. The fourth-order valence-electron chi connectivity index (χ4n) is 1.62. The van der Waals surface area contributed by atoms with Crippen LogP contribution in [0.2, 0.25) is 0 Å². The molecule has 2 nitrogen and oxygen atoms in total. The van der Waals surface area contributed by atoms with Crippen molar-refractivity contribution in [3.8, 4) is 0 Å². The van der Waals surface area contributed by atoms with Crippen LogP contribution in [-0.4, -0.2) is 23.0 Å². The van der Waals surface area contributed by atoms with Crippen molar-refractivity contribution in [3.05, 3.63) is 28.5 Å². The van der Waals surface area contributed by atoms with Crippen LogP contribution in [0, 0.1) is 5.92 Å². The van der Waals surface area contributed by atoms with Crippen molar-refractivity contribution in [1.82, 2.24) is 9.88 Å². The number of halogens is 1. The molecule has 0 aromatic carbocycles. The molecule has 84 valence electrons. The van der Waals surface area contributed by atoms with Crippen molar-refractivity contribution in [2.75, 3.05) is 13.1 Å². The third-order valence-corrected chi connectivity index (χ3v) is 2.67. The van der Waals surface area contributed by atoms with Crippen molar-refractivity contribution in [3.63, 3.8) is 0 Å². The summed E-state index contributed by atoms with van der Waals surface area (Å²) in [4.78, 5) is 6.62. The Bertz CT molecular complexity index is 299. The third-order valence-electron chi connectivity index (χ3n) is 2.24. The quantitative estimate of drug-likeness (QED) is 0.816. The van der Waals surface area contributed by atoms with Crippen LogP contribution < -0.4 is 0 Å². The lowest BCUT2D eigenvalue weighted by Crippen LogP contribution is -2.27. The van der Waals surface area contributed by atoms with E-state index in [9.17, 15) is 0 Å². The van der Waals surface area contributed by atoms with E-state index in [0.717, 1.165) is 24.1 Å². The lowest BCUT2D eigenvalue weighted by Gasteiger charge is -2.22. The van der Waals surface area contributed by atoms with Crippen molar-refractivity contribution < 1.29 is 0 Å². The average molecular weight is 271 g/mol. The molecule has 1 rings (SSSR count). The molecule has 0 unspecified atom stereocenters. The molecule has 0 spiro atoms. The molecule has 0 saturated heterocycles. The van der Waals surface area contributed by atoms with Crippen molar-refractivity contribution >= 4 is 15.9 Å². The maximum atomic E-state index is 4.18. The summed E-state index contributed by atoms with van der Waals surface area (Å²) in [5.74, 6) is 0.713. The first kappa shape index (κ1) is 12.7. The summed E-state index contributed by atoms with van der Waals surface area (Å²) < 4.78 is 1.06. The topological polar surface area (TPSA) is 16.1 Å². The summed E-state index contributed by atoms with van der Waals surface area (Å²) in [5.41, 5.74) is 1.27. The van der Waals surface area contributed by atoms with Crippen LogP contribution in [0.3, 0.4) is 0 Å². The zero-order chi connectivity index (χ0) is 11.3. The Morgan fingerprint density at radius 1 is 1.40 bits per heavy atom. The molecule has 0 radical (unpaired) electrons. The van der Waals surface area contributed by atoms with Gasteiger partial charge in [-0.05, 0) is 40.0 Å². The maximum Gasteiger partial charge on any atom is 0.0410 e. The molecule has 0 amide bonds. The second-order valence-electron chi connectivity index (χ2n) is 4.23. The van der Waals surface area contributed by atoms with E-state index in [2.05, 4.69) is 52.7 Å². The first-order valence-corrected chi connectivity index (χ1v) is 6.23. The van der Waals surface area contributed by atoms with E-state index in [1.807, 2.05) is 12.4 Å². The predicted molar refractivity (Wildman–Crippen MR) is 67.7 cm³/mol. The molecular formula is C12H19BrN2. The molecule has 1 aromatic heterocycles. The van der Waals surface area contributed by atoms with E-state index in [1.54, 1.807) is 0 Å². The van der Waals surface area contributed by atoms with Crippen LogP contribution in [0.15, 0.2) is 22.9 Å². The van der Waals surface area contributed by atoms with Crippen LogP contribution >= 0.6 is 15.9 Å². The highest BCUT2D eigenvalue weighted by atomic mass is 79.9. The minimum atomic E-state index is 0.713. The zero-order valence-electron chi connectivity index (χ0n) is 9.70. The third kappa shape index (κ3) is 4.76. The van der Waals surface area contributed by atoms with Crippen LogP contribution in [0.4, 0.5) is 0 Å². The summed E-state index contributed by atoms with van der Waals surface area (Å²) in [6, 6.07) is 2.13. The van der Waals surface area contributed by atoms with Crippen molar-refractivity contribution in [1.29, 1.82) is 0 Å². The van der Waals surface area contributed by atoms with Gasteiger partial charge in [0.05, 0.1) is 0 Å². The molecule has 0 saturated carbocycles. The molecule has 0 aliphatic carbocycles. The van der Waals surface area contributed by atoms with Gasteiger partial charge in [0.15, 0.2) is 0 Å². The summed E-state index contributed by atoms with van der Waals surface area (Å²) in [6.07, 6.45) is 3.76. The van der Waals surface area contributed by atoms with E-state index >= 15 is 0 Å². The Kier molecular flexibility index (Phi) is 5.26. The molecular weight excluding hydrogens is 252 g/mol. The first-order chi connectivity index (χ1) is 7.11. The molecule has 3 heteroatoms. The van der Waals surface area contributed by atoms with E-state index in [1.165, 1.54) is 5.56 Å². The molecule has 1 aromatic rings. The van der Waals surface area contributed by atoms with Crippen LogP contribution in [0.1, 0.15) is 26.3 Å². The number of aromatic nitrogens is 1. The lowest BCUT2D eigenvalue weighted by atomic mass is 10.2. The Balaban J connectivity index is 2.58. The van der Waals surface area contributed by atoms with Gasteiger partial charge in [-0.2, -0.15) is 0 Å². The smallest absolute Gasteiger partial charge is 0.0410 e. The normalized spacial score (nSPS) is 11.3. The van der Waals surface area contributed by atoms with Gasteiger partial charge in [0.25, 0.3) is 0 Å². The Hall–Kier alpha value is -0.410. The monoisotopic (exact) mass is 270 g/mol. The lowest BCUT2D eigenvalue weighted by molar-refractivity contribution is 0.248. The van der Waals surface area contributed by atoms with Gasteiger partial charge in [0.2, 0.25) is 0 Å². The van der Waals surface area contributed by atoms with E-state index in [0.29, 0.717) is 5.92 Å². The van der Waals surface area contributed by atoms with Crippen LogP contribution in [0.25, 0.3) is 0 Å². The number of hydrogen-bond donors (Lipinski definition) is 0. The van der Waals surface area contributed by atoms with Crippen LogP contribution in [-0.2, 0) is 6.54 Å². The SMILES string of the molecule is CCN(Cc1cncc(Br)c1)CC(C)C. The van der Waals surface area contributed by atoms with E-state index < -0.39 is 0 Å². The van der Waals surface area contributed by atoms with Crippen molar-refractivity contribution in [2.24, 2.45) is 5.92 Å². The molecule has 1 heterocycles. The number of rotatable bonds is 5. The Morgan fingerprint density at radius 3 is 2.67 bits per heavy atom. The van der Waals surface area contributed by atoms with Gasteiger partial charge < -0.3 is 0 Å². The molecule has 0 aliphatic rings. The minimum absolute atomic E-state index is 0.713. The maximum absolute atomic E-state index is 4.18. The molecule has 0 atom stereocenters. The second kappa shape index (κ2) is 6.23. The van der Waals surface area contributed by atoms with Crippen LogP contribution in [0.5, 0.6) is 0 Å². The van der Waals surface area contributed by atoms with Gasteiger partial charge in [-0.25, -0.2) is 0 Å². The first-order valence-electron chi connectivity index (χ1n) is 5.43. The van der Waals surface area contributed by atoms with Gasteiger partial charge in [-0.1, -0.05) is 20.8 Å². The molecule has 0 bridgehead atoms. The van der Waals surface area contributed by atoms with Crippen molar-refractivity contribution in [2.45, 2.75) is 27.3 Å². The molecule has 0 aliphatic heterocycles. The largest absolute Gasteiger partial charge is 0.299 e. The molecule has 0 N–H and O–H groups in total.